The predicted molar refractivity (Wildman–Crippen MR) is 75.4 cm³/mol. The highest BCUT2D eigenvalue weighted by Crippen LogP contribution is 2.32. The third-order valence-electron chi connectivity index (χ3n) is 2.80. The molecular formula is C12H21BrN2S. The van der Waals surface area contributed by atoms with Gasteiger partial charge in [-0.3, -0.25) is 4.68 Å². The molecule has 0 bridgehead atoms. The van der Waals surface area contributed by atoms with Gasteiger partial charge in [0.25, 0.3) is 0 Å². The number of thioether (sulfide) groups is 1. The van der Waals surface area contributed by atoms with Crippen molar-refractivity contribution in [2.45, 2.75) is 32.7 Å². The zero-order valence-electron chi connectivity index (χ0n) is 10.7. The molecule has 1 heterocycles. The van der Waals surface area contributed by atoms with E-state index in [4.69, 9.17) is 0 Å². The van der Waals surface area contributed by atoms with Gasteiger partial charge in [0.05, 0.1) is 10.7 Å². The summed E-state index contributed by atoms with van der Waals surface area (Å²) in [6, 6.07) is 2.15. The first-order valence-corrected chi connectivity index (χ1v) is 7.64. The van der Waals surface area contributed by atoms with E-state index >= 15 is 0 Å². The Balaban J connectivity index is 2.60. The molecule has 4 heteroatoms. The molecule has 1 unspecified atom stereocenters. The molecule has 0 aromatic carbocycles. The largest absolute Gasteiger partial charge is 0.262 e. The van der Waals surface area contributed by atoms with E-state index in [-0.39, 0.29) is 0 Å². The lowest BCUT2D eigenvalue weighted by molar-refractivity contribution is 0.295. The van der Waals surface area contributed by atoms with Crippen molar-refractivity contribution in [3.8, 4) is 0 Å². The van der Waals surface area contributed by atoms with Crippen molar-refractivity contribution in [1.82, 2.24) is 9.78 Å². The molecule has 16 heavy (non-hydrogen) atoms. The Bertz CT molecular complexity index is 341. The number of hydrogen-bond acceptors (Lipinski definition) is 2. The molecule has 0 spiro atoms. The van der Waals surface area contributed by atoms with Gasteiger partial charge in [0.15, 0.2) is 0 Å². The van der Waals surface area contributed by atoms with Gasteiger partial charge in [0.2, 0.25) is 0 Å². The molecule has 1 atom stereocenters. The lowest BCUT2D eigenvalue weighted by Gasteiger charge is -2.28. The molecule has 0 amide bonds. The summed E-state index contributed by atoms with van der Waals surface area (Å²) in [5.74, 6) is 1.81. The van der Waals surface area contributed by atoms with Crippen LogP contribution in [-0.2, 0) is 7.05 Å². The smallest absolute Gasteiger partial charge is 0.0939 e. The average Bonchev–Trinajstić information content (AvgIpc) is 2.44. The normalized spacial score (nSPS) is 14.1. The van der Waals surface area contributed by atoms with Crippen LogP contribution in [0.15, 0.2) is 11.1 Å². The first-order chi connectivity index (χ1) is 7.34. The predicted octanol–water partition coefficient (Wildman–Crippen LogP) is 3.88. The highest BCUT2D eigenvalue weighted by Gasteiger charge is 2.23. The van der Waals surface area contributed by atoms with Gasteiger partial charge in [0.1, 0.15) is 0 Å². The molecule has 0 N–H and O–H groups in total. The molecule has 2 nitrogen and oxygen atoms in total. The Morgan fingerprint density at radius 3 is 2.50 bits per heavy atom. The van der Waals surface area contributed by atoms with E-state index < -0.39 is 0 Å². The molecule has 0 aliphatic heterocycles. The molecule has 0 saturated heterocycles. The summed E-state index contributed by atoms with van der Waals surface area (Å²) in [5, 5.41) is 6.67. The molecule has 0 aliphatic rings. The third kappa shape index (κ3) is 3.81. The number of alkyl halides is 1. The Morgan fingerprint density at radius 1 is 1.50 bits per heavy atom. The van der Waals surface area contributed by atoms with Crippen LogP contribution in [0.4, 0.5) is 0 Å². The topological polar surface area (TPSA) is 17.8 Å². The second kappa shape index (κ2) is 5.58. The molecule has 1 rings (SSSR count). The number of aromatic nitrogens is 2. The van der Waals surface area contributed by atoms with Crippen LogP contribution in [0.2, 0.25) is 0 Å². The molecule has 92 valence electrons. The van der Waals surface area contributed by atoms with Crippen molar-refractivity contribution in [2.24, 2.45) is 18.4 Å². The zero-order chi connectivity index (χ0) is 12.3. The highest BCUT2D eigenvalue weighted by atomic mass is 79.9. The second-order valence-electron chi connectivity index (χ2n) is 5.28. The molecule has 0 saturated carbocycles. The maximum Gasteiger partial charge on any atom is 0.0939 e. The minimum absolute atomic E-state index is 0.351. The zero-order valence-corrected chi connectivity index (χ0v) is 13.2. The summed E-state index contributed by atoms with van der Waals surface area (Å²) in [4.78, 5) is 0. The van der Waals surface area contributed by atoms with Crippen molar-refractivity contribution < 1.29 is 0 Å². The van der Waals surface area contributed by atoms with E-state index in [1.54, 1.807) is 0 Å². The van der Waals surface area contributed by atoms with Gasteiger partial charge in [-0.2, -0.15) is 5.10 Å². The number of nitrogens with zero attached hydrogens (tertiary/aromatic N) is 2. The van der Waals surface area contributed by atoms with Crippen molar-refractivity contribution in [2.75, 3.05) is 11.1 Å². The molecule has 1 aromatic rings. The molecule has 0 fully saturated rings. The van der Waals surface area contributed by atoms with Crippen LogP contribution in [-0.4, -0.2) is 20.9 Å². The minimum atomic E-state index is 0.351. The Labute approximate surface area is 111 Å². The monoisotopic (exact) mass is 304 g/mol. The lowest BCUT2D eigenvalue weighted by atomic mass is 9.83. The van der Waals surface area contributed by atoms with E-state index in [2.05, 4.69) is 47.9 Å². The van der Waals surface area contributed by atoms with Gasteiger partial charge in [-0.25, -0.2) is 0 Å². The van der Waals surface area contributed by atoms with E-state index in [0.717, 1.165) is 16.8 Å². The molecule has 0 aliphatic carbocycles. The van der Waals surface area contributed by atoms with E-state index in [0.29, 0.717) is 11.3 Å². The fourth-order valence-electron chi connectivity index (χ4n) is 1.43. The van der Waals surface area contributed by atoms with Crippen LogP contribution in [0.1, 0.15) is 26.5 Å². The number of rotatable bonds is 4. The van der Waals surface area contributed by atoms with Gasteiger partial charge in [0, 0.05) is 18.1 Å². The quantitative estimate of drug-likeness (QED) is 0.620. The van der Waals surface area contributed by atoms with Crippen molar-refractivity contribution in [3.05, 3.63) is 11.8 Å². The summed E-state index contributed by atoms with van der Waals surface area (Å²) in [6.45, 7) is 8.94. The molecule has 1 aromatic heterocycles. The first kappa shape index (κ1) is 14.1. The first-order valence-electron chi connectivity index (χ1n) is 5.54. The molecular weight excluding hydrogens is 284 g/mol. The summed E-state index contributed by atoms with van der Waals surface area (Å²) >= 11 is 5.51. The van der Waals surface area contributed by atoms with Crippen LogP contribution >= 0.6 is 27.7 Å². The van der Waals surface area contributed by atoms with Crippen LogP contribution in [0.25, 0.3) is 0 Å². The van der Waals surface area contributed by atoms with Gasteiger partial charge in [-0.15, -0.1) is 11.8 Å². The van der Waals surface area contributed by atoms with Crippen LogP contribution in [0.3, 0.4) is 0 Å². The van der Waals surface area contributed by atoms with Crippen LogP contribution in [0, 0.1) is 18.3 Å². The third-order valence-corrected chi connectivity index (χ3v) is 4.83. The van der Waals surface area contributed by atoms with E-state index in [1.807, 2.05) is 30.4 Å². The van der Waals surface area contributed by atoms with Crippen molar-refractivity contribution in [3.63, 3.8) is 0 Å². The standard InChI is InChI=1S/C12H21BrN2S/c1-9-6-11(15(5)14-9)16-8-10(7-13)12(2,3)4/h6,10H,7-8H2,1-5H3. The minimum Gasteiger partial charge on any atom is -0.262 e. The van der Waals surface area contributed by atoms with Crippen molar-refractivity contribution >= 4 is 27.7 Å². The fraction of sp³-hybridized carbons (Fsp3) is 0.750. The van der Waals surface area contributed by atoms with Crippen LogP contribution < -0.4 is 0 Å². The summed E-state index contributed by atoms with van der Waals surface area (Å²) in [7, 11) is 2.01. The summed E-state index contributed by atoms with van der Waals surface area (Å²) < 4.78 is 1.97. The Hall–Kier alpha value is 0.0400. The SMILES string of the molecule is Cc1cc(SCC(CBr)C(C)(C)C)n(C)n1. The fourth-order valence-corrected chi connectivity index (χ4v) is 4.41. The lowest BCUT2D eigenvalue weighted by Crippen LogP contribution is -2.24. The van der Waals surface area contributed by atoms with E-state index in [1.165, 1.54) is 5.03 Å². The number of hydrogen-bond donors (Lipinski definition) is 0. The van der Waals surface area contributed by atoms with Crippen molar-refractivity contribution in [1.29, 1.82) is 0 Å². The van der Waals surface area contributed by atoms with Gasteiger partial charge >= 0.3 is 0 Å². The van der Waals surface area contributed by atoms with E-state index in [9.17, 15) is 0 Å². The Morgan fingerprint density at radius 2 is 2.12 bits per heavy atom. The maximum absolute atomic E-state index is 4.36. The highest BCUT2D eigenvalue weighted by molar-refractivity contribution is 9.09. The average molecular weight is 305 g/mol. The van der Waals surface area contributed by atoms with Crippen LogP contribution in [0.5, 0.6) is 0 Å². The van der Waals surface area contributed by atoms with Gasteiger partial charge in [-0.05, 0) is 24.3 Å². The summed E-state index contributed by atoms with van der Waals surface area (Å²) in [6.07, 6.45) is 0. The Kier molecular flexibility index (Phi) is 4.92. The summed E-state index contributed by atoms with van der Waals surface area (Å²) in [5.41, 5.74) is 1.44. The number of halogens is 1. The van der Waals surface area contributed by atoms with Gasteiger partial charge in [-0.1, -0.05) is 36.7 Å². The van der Waals surface area contributed by atoms with Gasteiger partial charge < -0.3 is 0 Å². The second-order valence-corrected chi connectivity index (χ2v) is 6.96. The maximum atomic E-state index is 4.36. The number of aryl methyl sites for hydroxylation is 2. The molecule has 0 radical (unpaired) electrons.